The molecular weight excluding hydrogens is 226 g/mol. The number of nitrogens with two attached hydrogens (primary N) is 1. The largest absolute Gasteiger partial charge is 0.405 e. The van der Waals surface area contributed by atoms with Crippen molar-refractivity contribution in [3.63, 3.8) is 0 Å². The zero-order chi connectivity index (χ0) is 11.4. The third-order valence-corrected chi connectivity index (χ3v) is 4.79. The van der Waals surface area contributed by atoms with E-state index in [1.54, 1.807) is 6.20 Å². The Labute approximate surface area is 103 Å². The van der Waals surface area contributed by atoms with Gasteiger partial charge in [-0.2, -0.15) is 0 Å². The first-order valence-corrected chi connectivity index (χ1v) is 6.56. The van der Waals surface area contributed by atoms with Gasteiger partial charge in [0.2, 0.25) is 0 Å². The minimum Gasteiger partial charge on any atom is -0.405 e. The zero-order valence-electron chi connectivity index (χ0n) is 9.23. The van der Waals surface area contributed by atoms with Crippen molar-refractivity contribution in [1.29, 1.82) is 0 Å². The molecule has 1 aromatic carbocycles. The van der Waals surface area contributed by atoms with Crippen LogP contribution in [0.3, 0.4) is 0 Å². The molecule has 17 heavy (non-hydrogen) atoms. The standard InChI is InChI=1S/C15H11NS/c16-8-7-11-9-3-1-2-4-10(9)14-12-5-6-13(12)17-15(11)14/h1-4,6-8H,5,16H2. The average molecular weight is 237 g/mol. The van der Waals surface area contributed by atoms with Gasteiger partial charge >= 0.3 is 0 Å². The maximum atomic E-state index is 5.58. The Balaban J connectivity index is 2.21. The average Bonchev–Trinajstić information content (AvgIpc) is 2.74. The Hall–Kier alpha value is -1.80. The van der Waals surface area contributed by atoms with Crippen LogP contribution in [-0.2, 0) is 6.42 Å². The van der Waals surface area contributed by atoms with Crippen LogP contribution in [0.5, 0.6) is 0 Å². The maximum absolute atomic E-state index is 5.58. The van der Waals surface area contributed by atoms with Gasteiger partial charge in [-0.1, -0.05) is 30.3 Å². The van der Waals surface area contributed by atoms with Gasteiger partial charge in [0.05, 0.1) is 0 Å². The fourth-order valence-corrected chi connectivity index (χ4v) is 4.03. The Morgan fingerprint density at radius 3 is 2.71 bits per heavy atom. The molecule has 82 valence electrons. The van der Waals surface area contributed by atoms with E-state index < -0.39 is 0 Å². The molecule has 0 saturated heterocycles. The molecular formula is C15H11NS. The van der Waals surface area contributed by atoms with E-state index in [1.165, 1.54) is 36.9 Å². The van der Waals surface area contributed by atoms with Gasteiger partial charge in [-0.25, -0.2) is 0 Å². The molecule has 2 aliphatic carbocycles. The van der Waals surface area contributed by atoms with E-state index in [0.29, 0.717) is 0 Å². The molecule has 0 aliphatic heterocycles. The summed E-state index contributed by atoms with van der Waals surface area (Å²) in [5.74, 6) is 0. The fraction of sp³-hybridized carbons (Fsp3) is 0.0667. The summed E-state index contributed by atoms with van der Waals surface area (Å²) in [6.07, 6.45) is 7.10. The van der Waals surface area contributed by atoms with Crippen molar-refractivity contribution >= 4 is 23.0 Å². The maximum Gasteiger partial charge on any atom is 0.0437 e. The highest BCUT2D eigenvalue weighted by Crippen LogP contribution is 2.36. The summed E-state index contributed by atoms with van der Waals surface area (Å²) in [5, 5.41) is 0. The molecule has 2 aliphatic rings. The lowest BCUT2D eigenvalue weighted by molar-refractivity contribution is 1.27. The van der Waals surface area contributed by atoms with Crippen LogP contribution in [0.1, 0.15) is 11.1 Å². The highest BCUT2D eigenvalue weighted by atomic mass is 32.1. The van der Waals surface area contributed by atoms with E-state index in [1.807, 2.05) is 17.4 Å². The summed E-state index contributed by atoms with van der Waals surface area (Å²) in [4.78, 5) is 0. The molecule has 2 N–H and O–H groups in total. The van der Waals surface area contributed by atoms with E-state index >= 15 is 0 Å². The summed E-state index contributed by atoms with van der Waals surface area (Å²) >= 11 is 1.90. The lowest BCUT2D eigenvalue weighted by Crippen LogP contribution is -2.11. The first-order valence-electron chi connectivity index (χ1n) is 5.74. The van der Waals surface area contributed by atoms with Crippen LogP contribution in [0.2, 0.25) is 0 Å². The van der Waals surface area contributed by atoms with Crippen LogP contribution < -0.4 is 14.8 Å². The Morgan fingerprint density at radius 2 is 2.00 bits per heavy atom. The SMILES string of the molecule is NC=CC1=c2sc3c(c2-c2ccccc21)CC=3. The van der Waals surface area contributed by atoms with Crippen LogP contribution >= 0.6 is 11.3 Å². The molecule has 0 unspecified atom stereocenters. The molecule has 1 heterocycles. The van der Waals surface area contributed by atoms with Gasteiger partial charge in [-0.3, -0.25) is 0 Å². The normalized spacial score (nSPS) is 15.2. The summed E-state index contributed by atoms with van der Waals surface area (Å²) in [6.45, 7) is 0. The predicted molar refractivity (Wildman–Crippen MR) is 73.0 cm³/mol. The minimum atomic E-state index is 1.12. The second-order valence-electron chi connectivity index (χ2n) is 4.38. The van der Waals surface area contributed by atoms with Gasteiger partial charge in [0, 0.05) is 20.2 Å². The minimum absolute atomic E-state index is 1.12. The molecule has 4 rings (SSSR count). The van der Waals surface area contributed by atoms with Gasteiger partial charge in [0.25, 0.3) is 0 Å². The zero-order valence-corrected chi connectivity index (χ0v) is 10.1. The number of allylic oxidation sites excluding steroid dienone is 1. The first-order chi connectivity index (χ1) is 8.40. The third-order valence-electron chi connectivity index (χ3n) is 3.52. The summed E-state index contributed by atoms with van der Waals surface area (Å²) in [7, 11) is 0. The van der Waals surface area contributed by atoms with Crippen molar-refractivity contribution in [1.82, 2.24) is 0 Å². The number of hydrogen-bond acceptors (Lipinski definition) is 2. The molecule has 0 saturated carbocycles. The van der Waals surface area contributed by atoms with Crippen molar-refractivity contribution in [2.45, 2.75) is 6.42 Å². The predicted octanol–water partition coefficient (Wildman–Crippen LogP) is 1.74. The highest BCUT2D eigenvalue weighted by Gasteiger charge is 2.25. The van der Waals surface area contributed by atoms with Crippen LogP contribution in [-0.4, -0.2) is 0 Å². The van der Waals surface area contributed by atoms with E-state index in [2.05, 4.69) is 30.3 Å². The third kappa shape index (κ3) is 1.03. The van der Waals surface area contributed by atoms with Crippen LogP contribution in [0.4, 0.5) is 0 Å². The van der Waals surface area contributed by atoms with Crippen molar-refractivity contribution < 1.29 is 0 Å². The fourth-order valence-electron chi connectivity index (χ4n) is 2.71. The number of fused-ring (bicyclic) bond motifs is 5. The van der Waals surface area contributed by atoms with Gasteiger partial charge in [0.1, 0.15) is 0 Å². The van der Waals surface area contributed by atoms with Crippen molar-refractivity contribution in [3.8, 4) is 11.1 Å². The molecule has 0 bridgehead atoms. The second-order valence-corrected chi connectivity index (χ2v) is 5.43. The van der Waals surface area contributed by atoms with E-state index in [0.717, 1.165) is 6.42 Å². The van der Waals surface area contributed by atoms with Crippen molar-refractivity contribution in [2.75, 3.05) is 0 Å². The Kier molecular flexibility index (Phi) is 1.69. The number of rotatable bonds is 1. The Bertz CT molecular complexity index is 778. The summed E-state index contributed by atoms with van der Waals surface area (Å²) in [5.41, 5.74) is 12.5. The number of benzene rings is 1. The van der Waals surface area contributed by atoms with Gasteiger partial charge < -0.3 is 5.73 Å². The summed E-state index contributed by atoms with van der Waals surface area (Å²) < 4.78 is 2.85. The van der Waals surface area contributed by atoms with Crippen molar-refractivity contribution in [3.05, 3.63) is 56.7 Å². The number of thiophene rings is 1. The Morgan fingerprint density at radius 1 is 1.18 bits per heavy atom. The van der Waals surface area contributed by atoms with Crippen molar-refractivity contribution in [2.24, 2.45) is 5.73 Å². The molecule has 0 spiro atoms. The molecule has 1 aromatic heterocycles. The van der Waals surface area contributed by atoms with Gasteiger partial charge in [0.15, 0.2) is 0 Å². The molecule has 2 heteroatoms. The molecule has 0 amide bonds. The number of hydrogen-bond donors (Lipinski definition) is 1. The molecule has 1 nitrogen and oxygen atoms in total. The molecule has 0 fully saturated rings. The van der Waals surface area contributed by atoms with E-state index in [4.69, 9.17) is 5.73 Å². The molecule has 2 aromatic rings. The smallest absolute Gasteiger partial charge is 0.0437 e. The lowest BCUT2D eigenvalue weighted by Gasteiger charge is -2.08. The quantitative estimate of drug-likeness (QED) is 0.803. The highest BCUT2D eigenvalue weighted by molar-refractivity contribution is 7.08. The lowest BCUT2D eigenvalue weighted by atomic mass is 9.96. The van der Waals surface area contributed by atoms with Gasteiger partial charge in [-0.05, 0) is 35.4 Å². The second kappa shape index (κ2) is 3.11. The van der Waals surface area contributed by atoms with E-state index in [9.17, 15) is 0 Å². The van der Waals surface area contributed by atoms with Crippen LogP contribution in [0.25, 0.3) is 22.8 Å². The topological polar surface area (TPSA) is 26.0 Å². The monoisotopic (exact) mass is 237 g/mol. The van der Waals surface area contributed by atoms with Gasteiger partial charge in [-0.15, -0.1) is 11.3 Å². The molecule has 0 radical (unpaired) electrons. The van der Waals surface area contributed by atoms with E-state index in [-0.39, 0.29) is 0 Å². The van der Waals surface area contributed by atoms with Crippen LogP contribution in [0, 0.1) is 0 Å². The molecule has 0 atom stereocenters. The first kappa shape index (κ1) is 9.25. The summed E-state index contributed by atoms with van der Waals surface area (Å²) in [6, 6.07) is 8.62. The van der Waals surface area contributed by atoms with Crippen LogP contribution in [0.15, 0.2) is 36.5 Å².